The van der Waals surface area contributed by atoms with E-state index in [1.165, 1.54) is 4.90 Å². The SMILES string of the molecule is CSc1ccc(-c2ccccc2[C@@H]2CC[C@@H](F)C[C@H]2C(=O)NCC#N)cc1. The fourth-order valence-corrected chi connectivity index (χ4v) is 4.30. The maximum atomic E-state index is 14.1. The van der Waals surface area contributed by atoms with Crippen LogP contribution in [-0.4, -0.2) is 24.9 Å². The summed E-state index contributed by atoms with van der Waals surface area (Å²) in [7, 11) is 0. The van der Waals surface area contributed by atoms with Gasteiger partial charge in [0.2, 0.25) is 5.91 Å². The van der Waals surface area contributed by atoms with Gasteiger partial charge in [0.15, 0.2) is 0 Å². The summed E-state index contributed by atoms with van der Waals surface area (Å²) >= 11 is 1.70. The molecule has 3 nitrogen and oxygen atoms in total. The van der Waals surface area contributed by atoms with Crippen LogP contribution in [0, 0.1) is 17.2 Å². The summed E-state index contributed by atoms with van der Waals surface area (Å²) in [6.07, 6.45) is 2.38. The van der Waals surface area contributed by atoms with Crippen molar-refractivity contribution in [3.63, 3.8) is 0 Å². The second-order valence-electron chi connectivity index (χ2n) is 6.81. The summed E-state index contributed by atoms with van der Waals surface area (Å²) in [5.41, 5.74) is 3.27. The van der Waals surface area contributed by atoms with Gasteiger partial charge in [-0.15, -0.1) is 11.8 Å². The van der Waals surface area contributed by atoms with Crippen molar-refractivity contribution in [2.75, 3.05) is 12.8 Å². The quantitative estimate of drug-likeness (QED) is 0.589. The Bertz CT molecular complexity index is 831. The second-order valence-corrected chi connectivity index (χ2v) is 7.69. The predicted octanol–water partition coefficient (Wildman–Crippen LogP) is 4.94. The Labute approximate surface area is 164 Å². The Morgan fingerprint density at radius 1 is 1.22 bits per heavy atom. The molecule has 3 rings (SSSR count). The first-order valence-electron chi connectivity index (χ1n) is 9.16. The molecule has 140 valence electrons. The van der Waals surface area contributed by atoms with E-state index in [1.807, 2.05) is 30.5 Å². The lowest BCUT2D eigenvalue weighted by Crippen LogP contribution is -2.38. The van der Waals surface area contributed by atoms with Gasteiger partial charge in [-0.2, -0.15) is 5.26 Å². The number of carbonyl (C=O) groups is 1. The van der Waals surface area contributed by atoms with E-state index in [-0.39, 0.29) is 24.8 Å². The third-order valence-electron chi connectivity index (χ3n) is 5.23. The molecule has 0 aromatic heterocycles. The summed E-state index contributed by atoms with van der Waals surface area (Å²) in [6.45, 7) is -0.0448. The summed E-state index contributed by atoms with van der Waals surface area (Å²) in [5, 5.41) is 11.4. The molecule has 0 unspecified atom stereocenters. The van der Waals surface area contributed by atoms with Crippen LogP contribution in [0.4, 0.5) is 4.39 Å². The third kappa shape index (κ3) is 4.51. The normalized spacial score (nSPS) is 22.0. The van der Waals surface area contributed by atoms with Crippen molar-refractivity contribution in [3.8, 4) is 17.2 Å². The molecule has 3 atom stereocenters. The van der Waals surface area contributed by atoms with E-state index in [1.54, 1.807) is 11.8 Å². The van der Waals surface area contributed by atoms with Crippen LogP contribution in [0.2, 0.25) is 0 Å². The van der Waals surface area contributed by atoms with E-state index < -0.39 is 12.1 Å². The van der Waals surface area contributed by atoms with Gasteiger partial charge in [-0.25, -0.2) is 4.39 Å². The van der Waals surface area contributed by atoms with Gasteiger partial charge in [-0.3, -0.25) is 4.79 Å². The van der Waals surface area contributed by atoms with Gasteiger partial charge in [-0.1, -0.05) is 36.4 Å². The lowest BCUT2D eigenvalue weighted by Gasteiger charge is -2.33. The minimum absolute atomic E-state index is 0.0448. The highest BCUT2D eigenvalue weighted by molar-refractivity contribution is 7.98. The lowest BCUT2D eigenvalue weighted by molar-refractivity contribution is -0.127. The molecule has 1 aliphatic rings. The van der Waals surface area contributed by atoms with Gasteiger partial charge in [-0.05, 0) is 60.3 Å². The number of alkyl halides is 1. The molecule has 2 aromatic rings. The van der Waals surface area contributed by atoms with Crippen LogP contribution in [0.1, 0.15) is 30.7 Å². The van der Waals surface area contributed by atoms with E-state index in [0.717, 1.165) is 16.7 Å². The molecule has 1 aliphatic carbocycles. The summed E-state index contributed by atoms with van der Waals surface area (Å²) < 4.78 is 14.1. The Morgan fingerprint density at radius 2 is 1.96 bits per heavy atom. The van der Waals surface area contributed by atoms with E-state index in [2.05, 4.69) is 35.6 Å². The zero-order valence-electron chi connectivity index (χ0n) is 15.3. The van der Waals surface area contributed by atoms with Crippen LogP contribution in [0.25, 0.3) is 11.1 Å². The van der Waals surface area contributed by atoms with E-state index in [0.29, 0.717) is 12.8 Å². The number of nitrogens with zero attached hydrogens (tertiary/aromatic N) is 1. The first-order chi connectivity index (χ1) is 13.1. The second kappa shape index (κ2) is 9.05. The van der Waals surface area contributed by atoms with E-state index >= 15 is 0 Å². The van der Waals surface area contributed by atoms with Crippen molar-refractivity contribution in [3.05, 3.63) is 54.1 Å². The molecule has 2 aromatic carbocycles. The Hall–Kier alpha value is -2.32. The minimum Gasteiger partial charge on any atom is -0.343 e. The molecular formula is C22H23FN2OS. The Balaban J connectivity index is 1.95. The molecule has 0 saturated heterocycles. The van der Waals surface area contributed by atoms with Gasteiger partial charge < -0.3 is 5.32 Å². The average Bonchev–Trinajstić information content (AvgIpc) is 2.72. The summed E-state index contributed by atoms with van der Waals surface area (Å²) in [5.74, 6) is -0.725. The first-order valence-corrected chi connectivity index (χ1v) is 10.4. The number of nitriles is 1. The van der Waals surface area contributed by atoms with Crippen LogP contribution in [0.3, 0.4) is 0 Å². The number of thioether (sulfide) groups is 1. The summed E-state index contributed by atoms with van der Waals surface area (Å²) in [4.78, 5) is 13.8. The fourth-order valence-electron chi connectivity index (χ4n) is 3.89. The van der Waals surface area contributed by atoms with Gasteiger partial charge in [0.05, 0.1) is 6.07 Å². The molecule has 27 heavy (non-hydrogen) atoms. The number of carbonyl (C=O) groups excluding carboxylic acids is 1. The van der Waals surface area contributed by atoms with Crippen molar-refractivity contribution < 1.29 is 9.18 Å². The van der Waals surface area contributed by atoms with Crippen molar-refractivity contribution in [2.45, 2.75) is 36.2 Å². The molecule has 0 radical (unpaired) electrons. The summed E-state index contributed by atoms with van der Waals surface area (Å²) in [6, 6.07) is 18.4. The molecule has 5 heteroatoms. The van der Waals surface area contributed by atoms with Crippen LogP contribution < -0.4 is 5.32 Å². The van der Waals surface area contributed by atoms with Gasteiger partial charge >= 0.3 is 0 Å². The highest BCUT2D eigenvalue weighted by Gasteiger charge is 2.37. The largest absolute Gasteiger partial charge is 0.343 e. The maximum Gasteiger partial charge on any atom is 0.224 e. The fraction of sp³-hybridized carbons (Fsp3) is 0.364. The molecular weight excluding hydrogens is 359 g/mol. The zero-order valence-corrected chi connectivity index (χ0v) is 16.1. The number of hydrogen-bond acceptors (Lipinski definition) is 3. The zero-order chi connectivity index (χ0) is 19.2. The molecule has 0 heterocycles. The van der Waals surface area contributed by atoms with Gasteiger partial charge in [0.1, 0.15) is 12.7 Å². The van der Waals surface area contributed by atoms with Gasteiger partial charge in [0, 0.05) is 10.8 Å². The topological polar surface area (TPSA) is 52.9 Å². The van der Waals surface area contributed by atoms with Gasteiger partial charge in [0.25, 0.3) is 0 Å². The van der Waals surface area contributed by atoms with E-state index in [4.69, 9.17) is 5.26 Å². The maximum absolute atomic E-state index is 14.1. The number of benzene rings is 2. The number of halogens is 1. The Morgan fingerprint density at radius 3 is 2.67 bits per heavy atom. The van der Waals surface area contributed by atoms with Crippen LogP contribution in [0.15, 0.2) is 53.4 Å². The van der Waals surface area contributed by atoms with Crippen LogP contribution in [0.5, 0.6) is 0 Å². The third-order valence-corrected chi connectivity index (χ3v) is 5.97. The minimum atomic E-state index is -0.966. The molecule has 0 spiro atoms. The molecule has 1 N–H and O–H groups in total. The van der Waals surface area contributed by atoms with E-state index in [9.17, 15) is 9.18 Å². The van der Waals surface area contributed by atoms with Crippen LogP contribution >= 0.6 is 11.8 Å². The highest BCUT2D eigenvalue weighted by atomic mass is 32.2. The average molecular weight is 383 g/mol. The molecule has 1 saturated carbocycles. The number of rotatable bonds is 5. The molecule has 0 bridgehead atoms. The van der Waals surface area contributed by atoms with Crippen molar-refractivity contribution in [1.29, 1.82) is 5.26 Å². The smallest absolute Gasteiger partial charge is 0.224 e. The lowest BCUT2D eigenvalue weighted by atomic mass is 9.72. The number of hydrogen-bond donors (Lipinski definition) is 1. The van der Waals surface area contributed by atoms with Crippen molar-refractivity contribution >= 4 is 17.7 Å². The monoisotopic (exact) mass is 382 g/mol. The molecule has 0 aliphatic heterocycles. The van der Waals surface area contributed by atoms with Crippen molar-refractivity contribution in [2.24, 2.45) is 5.92 Å². The predicted molar refractivity (Wildman–Crippen MR) is 107 cm³/mol. The van der Waals surface area contributed by atoms with Crippen molar-refractivity contribution in [1.82, 2.24) is 5.32 Å². The molecule has 1 amide bonds. The van der Waals surface area contributed by atoms with Crippen LogP contribution in [-0.2, 0) is 4.79 Å². The molecule has 1 fully saturated rings. The standard InChI is InChI=1S/C22H23FN2OS/c1-27-17-9-6-15(7-10-17)18-4-2-3-5-19(18)20-11-8-16(23)14-21(20)22(26)25-13-12-24/h2-7,9-10,16,20-21H,8,11,13-14H2,1H3,(H,25,26)/t16-,20+,21-/m1/s1. The number of nitrogens with one attached hydrogen (secondary N) is 1. The first kappa shape index (κ1) is 19.4. The number of amides is 1. The Kier molecular flexibility index (Phi) is 6.52. The highest BCUT2D eigenvalue weighted by Crippen LogP contribution is 2.42.